The van der Waals surface area contributed by atoms with Crippen molar-refractivity contribution in [2.45, 2.75) is 6.36 Å². The number of hydrogen-bond donors (Lipinski definition) is 1. The van der Waals surface area contributed by atoms with Gasteiger partial charge in [0.05, 0.1) is 9.77 Å². The molecule has 0 atom stereocenters. The molecule has 1 heterocycles. The van der Waals surface area contributed by atoms with Crippen molar-refractivity contribution >= 4 is 34.2 Å². The van der Waals surface area contributed by atoms with Gasteiger partial charge in [0.2, 0.25) is 0 Å². The molecule has 9 heteroatoms. The maximum absolute atomic E-state index is 12.0. The molecule has 0 bridgehead atoms. The summed E-state index contributed by atoms with van der Waals surface area (Å²) < 4.78 is 41.9. The molecule has 0 saturated heterocycles. The molecule has 1 N–H and O–H groups in total. The molecular formula is C12H9F3IN3O2. The number of hydrogen-bond acceptors (Lipinski definition) is 3. The first-order valence-corrected chi connectivity index (χ1v) is 6.69. The molecular weight excluding hydrogens is 402 g/mol. The minimum atomic E-state index is -4.74. The average molecular weight is 411 g/mol. The van der Waals surface area contributed by atoms with Crippen LogP contribution in [0.2, 0.25) is 0 Å². The van der Waals surface area contributed by atoms with Crippen LogP contribution in [0.15, 0.2) is 30.5 Å². The Hall–Kier alpha value is -1.78. The number of aromatic nitrogens is 2. The van der Waals surface area contributed by atoms with Gasteiger partial charge in [-0.3, -0.25) is 9.48 Å². The number of nitrogens with zero attached hydrogens (tertiary/aromatic N) is 2. The summed E-state index contributed by atoms with van der Waals surface area (Å²) in [4.78, 5) is 12.0. The number of nitrogens with one attached hydrogen (secondary N) is 1. The number of halogens is 4. The second-order valence-electron chi connectivity index (χ2n) is 3.99. The number of rotatable bonds is 3. The maximum Gasteiger partial charge on any atom is 0.573 e. The van der Waals surface area contributed by atoms with Gasteiger partial charge in [0.1, 0.15) is 11.4 Å². The van der Waals surface area contributed by atoms with Gasteiger partial charge in [-0.25, -0.2) is 0 Å². The fourth-order valence-corrected chi connectivity index (χ4v) is 2.31. The highest BCUT2D eigenvalue weighted by Crippen LogP contribution is 2.24. The summed E-state index contributed by atoms with van der Waals surface area (Å²) in [6, 6.07) is 4.89. The lowest BCUT2D eigenvalue weighted by atomic mass is 10.3. The zero-order valence-corrected chi connectivity index (χ0v) is 12.8. The Bertz CT molecular complexity index is 633. The number of benzene rings is 1. The van der Waals surface area contributed by atoms with E-state index in [9.17, 15) is 18.0 Å². The van der Waals surface area contributed by atoms with Gasteiger partial charge >= 0.3 is 6.36 Å². The summed E-state index contributed by atoms with van der Waals surface area (Å²) >= 11 is 1.97. The lowest BCUT2D eigenvalue weighted by Gasteiger charge is -2.10. The molecule has 0 aliphatic carbocycles. The number of alkyl halides is 3. The minimum Gasteiger partial charge on any atom is -0.406 e. The first-order chi connectivity index (χ1) is 9.76. The van der Waals surface area contributed by atoms with E-state index in [2.05, 4.69) is 15.2 Å². The predicted octanol–water partition coefficient (Wildman–Crippen LogP) is 3.18. The van der Waals surface area contributed by atoms with Crippen molar-refractivity contribution in [3.05, 3.63) is 39.7 Å². The van der Waals surface area contributed by atoms with Crippen molar-refractivity contribution in [2.24, 2.45) is 7.05 Å². The molecule has 2 aromatic rings. The van der Waals surface area contributed by atoms with Crippen molar-refractivity contribution in [2.75, 3.05) is 5.32 Å². The highest BCUT2D eigenvalue weighted by molar-refractivity contribution is 14.1. The molecule has 0 aliphatic heterocycles. The quantitative estimate of drug-likeness (QED) is 0.790. The summed E-state index contributed by atoms with van der Waals surface area (Å²) in [5, 5.41) is 6.51. The Kier molecular flexibility index (Phi) is 4.40. The molecule has 0 fully saturated rings. The third kappa shape index (κ3) is 4.09. The van der Waals surface area contributed by atoms with Crippen LogP contribution in [0.5, 0.6) is 5.75 Å². The average Bonchev–Trinajstić information content (AvgIpc) is 2.70. The van der Waals surface area contributed by atoms with Gasteiger partial charge in [0.25, 0.3) is 5.91 Å². The van der Waals surface area contributed by atoms with Gasteiger partial charge in [0, 0.05) is 12.7 Å². The van der Waals surface area contributed by atoms with Crippen molar-refractivity contribution < 1.29 is 22.7 Å². The third-order valence-electron chi connectivity index (χ3n) is 2.45. The number of anilines is 1. The van der Waals surface area contributed by atoms with E-state index in [-0.39, 0.29) is 5.75 Å². The van der Waals surface area contributed by atoms with Gasteiger partial charge in [-0.1, -0.05) is 0 Å². The van der Waals surface area contributed by atoms with Crippen LogP contribution in [0, 0.1) is 3.57 Å². The van der Waals surface area contributed by atoms with Crippen molar-refractivity contribution in [3.63, 3.8) is 0 Å². The Morgan fingerprint density at radius 3 is 2.43 bits per heavy atom. The molecule has 0 radical (unpaired) electrons. The van der Waals surface area contributed by atoms with E-state index in [0.717, 1.165) is 12.1 Å². The first kappa shape index (κ1) is 15.6. The Balaban J connectivity index is 2.09. The van der Waals surface area contributed by atoms with Gasteiger partial charge in [-0.05, 0) is 46.9 Å². The van der Waals surface area contributed by atoms with Crippen LogP contribution in [-0.4, -0.2) is 22.1 Å². The van der Waals surface area contributed by atoms with Crippen molar-refractivity contribution in [1.29, 1.82) is 0 Å². The Morgan fingerprint density at radius 1 is 1.33 bits per heavy atom. The van der Waals surface area contributed by atoms with Crippen molar-refractivity contribution in [1.82, 2.24) is 9.78 Å². The highest BCUT2D eigenvalue weighted by atomic mass is 127. The molecule has 0 spiro atoms. The van der Waals surface area contributed by atoms with Gasteiger partial charge in [-0.15, -0.1) is 13.2 Å². The lowest BCUT2D eigenvalue weighted by Crippen LogP contribution is -2.18. The minimum absolute atomic E-state index is 0.351. The predicted molar refractivity (Wildman–Crippen MR) is 77.0 cm³/mol. The van der Waals surface area contributed by atoms with Gasteiger partial charge in [-0.2, -0.15) is 5.10 Å². The zero-order chi connectivity index (χ0) is 15.6. The number of carbonyl (C=O) groups is 1. The summed E-state index contributed by atoms with van der Waals surface area (Å²) in [6.07, 6.45) is -3.20. The standard InChI is InChI=1S/C12H9F3IN3O2/c1-19-10(9(16)6-17-19)11(20)18-7-2-4-8(5-3-7)21-12(13,14)15/h2-6H,1H3,(H,18,20). The SMILES string of the molecule is Cn1ncc(I)c1C(=O)Nc1ccc(OC(F)(F)F)cc1. The van der Waals surface area contributed by atoms with Crippen LogP contribution in [0.1, 0.15) is 10.5 Å². The zero-order valence-electron chi connectivity index (χ0n) is 10.6. The summed E-state index contributed by atoms with van der Waals surface area (Å²) in [5.74, 6) is -0.750. The normalized spacial score (nSPS) is 11.3. The maximum atomic E-state index is 12.0. The van der Waals surface area contributed by atoms with E-state index >= 15 is 0 Å². The first-order valence-electron chi connectivity index (χ1n) is 5.61. The van der Waals surface area contributed by atoms with Gasteiger partial charge < -0.3 is 10.1 Å². The Labute approximate surface area is 131 Å². The monoisotopic (exact) mass is 411 g/mol. The van der Waals surface area contributed by atoms with Crippen LogP contribution < -0.4 is 10.1 Å². The van der Waals surface area contributed by atoms with Gasteiger partial charge in [0.15, 0.2) is 0 Å². The Morgan fingerprint density at radius 2 is 1.95 bits per heavy atom. The topological polar surface area (TPSA) is 56.2 Å². The number of carbonyl (C=O) groups excluding carboxylic acids is 1. The highest BCUT2D eigenvalue weighted by Gasteiger charge is 2.31. The van der Waals surface area contributed by atoms with E-state index in [1.807, 2.05) is 22.6 Å². The molecule has 5 nitrogen and oxygen atoms in total. The van der Waals surface area contributed by atoms with E-state index in [4.69, 9.17) is 0 Å². The molecule has 1 amide bonds. The molecule has 2 rings (SSSR count). The molecule has 112 valence electrons. The second-order valence-corrected chi connectivity index (χ2v) is 5.15. The van der Waals surface area contributed by atoms with E-state index < -0.39 is 12.3 Å². The summed E-state index contributed by atoms with van der Waals surface area (Å²) in [5.41, 5.74) is 0.720. The summed E-state index contributed by atoms with van der Waals surface area (Å²) in [7, 11) is 1.62. The molecule has 1 aromatic heterocycles. The number of amides is 1. The molecule has 0 unspecified atom stereocenters. The fourth-order valence-electron chi connectivity index (χ4n) is 1.60. The van der Waals surface area contributed by atoms with Crippen LogP contribution >= 0.6 is 22.6 Å². The van der Waals surface area contributed by atoms with E-state index in [1.165, 1.54) is 23.0 Å². The largest absolute Gasteiger partial charge is 0.573 e. The number of ether oxygens (including phenoxy) is 1. The van der Waals surface area contributed by atoms with E-state index in [0.29, 0.717) is 15.0 Å². The van der Waals surface area contributed by atoms with Crippen LogP contribution in [-0.2, 0) is 7.05 Å². The number of aryl methyl sites for hydroxylation is 1. The molecule has 21 heavy (non-hydrogen) atoms. The van der Waals surface area contributed by atoms with Crippen LogP contribution in [0.3, 0.4) is 0 Å². The molecule has 0 aliphatic rings. The molecule has 0 saturated carbocycles. The smallest absolute Gasteiger partial charge is 0.406 e. The van der Waals surface area contributed by atoms with Crippen LogP contribution in [0.25, 0.3) is 0 Å². The summed E-state index contributed by atoms with van der Waals surface area (Å²) in [6.45, 7) is 0. The second kappa shape index (κ2) is 5.92. The molecule has 1 aromatic carbocycles. The lowest BCUT2D eigenvalue weighted by molar-refractivity contribution is -0.274. The van der Waals surface area contributed by atoms with E-state index in [1.54, 1.807) is 7.05 Å². The third-order valence-corrected chi connectivity index (χ3v) is 3.24. The van der Waals surface area contributed by atoms with Crippen LogP contribution in [0.4, 0.5) is 18.9 Å². The fraction of sp³-hybridized carbons (Fsp3) is 0.167. The van der Waals surface area contributed by atoms with Crippen molar-refractivity contribution in [3.8, 4) is 5.75 Å².